The van der Waals surface area contributed by atoms with E-state index < -0.39 is 17.3 Å². The van der Waals surface area contributed by atoms with Crippen LogP contribution in [0, 0.1) is 53.5 Å². The Morgan fingerprint density at radius 3 is 1.21 bits per heavy atom. The normalized spacial score (nSPS) is 15.7. The van der Waals surface area contributed by atoms with Gasteiger partial charge in [0.1, 0.15) is 58.2 Å². The molecule has 19 heteroatoms. The molecule has 6 aromatic rings. The number of hydrogen-bond donors (Lipinski definition) is 8. The Hall–Kier alpha value is -7.53. The summed E-state index contributed by atoms with van der Waals surface area (Å²) in [7, 11) is 0. The van der Waals surface area contributed by atoms with Crippen LogP contribution in [0.15, 0.2) is 144 Å². The molecule has 2 aliphatic rings. The summed E-state index contributed by atoms with van der Waals surface area (Å²) in [5.74, 6) is -0.710. The number of hydrazone groups is 2. The van der Waals surface area contributed by atoms with Crippen molar-refractivity contribution in [2.24, 2.45) is 10.2 Å². The van der Waals surface area contributed by atoms with Crippen LogP contribution in [0.5, 0.6) is 46.0 Å². The van der Waals surface area contributed by atoms with Crippen molar-refractivity contribution in [2.75, 3.05) is 0 Å². The number of nitrogens with one attached hydrogen (secondary N) is 2. The van der Waals surface area contributed by atoms with E-state index in [9.17, 15) is 40.2 Å². The van der Waals surface area contributed by atoms with Crippen LogP contribution in [0.1, 0.15) is 68.0 Å². The summed E-state index contributed by atoms with van der Waals surface area (Å²) in [6.07, 6.45) is -0.413. The van der Waals surface area contributed by atoms with Crippen LogP contribution in [0.4, 0.5) is 0 Å². The number of nitrogens with zero attached hydrogens (tertiary/aromatic N) is 3. The van der Waals surface area contributed by atoms with Gasteiger partial charge in [-0.2, -0.15) is 10.2 Å². The van der Waals surface area contributed by atoms with E-state index >= 15 is 0 Å². The first-order chi connectivity index (χ1) is 29.7. The Morgan fingerprint density at radius 2 is 0.873 bits per heavy atom. The molecule has 63 heavy (non-hydrogen) atoms. The van der Waals surface area contributed by atoms with Gasteiger partial charge in [-0.3, -0.25) is 9.59 Å². The van der Waals surface area contributed by atoms with E-state index in [2.05, 4.69) is 21.1 Å². The molecule has 2 amide bonds. The molecule has 18 nitrogen and oxygen atoms in total. The molecule has 2 heterocycles. The SMILES string of the molecule is O=C(N/N=C1\CC(c2ccc(O)cc2)Oc2cc(O)cc(O)c21)c1ccccc1.O=C(N/N=C1\CC(c2ccc(O)cc2)Oc2cc(O)cc(O)c21)c1ccccc1.O=[N+]([O-])[O-].[Dy]. The topological polar surface area (TPSA) is 289 Å². The zero-order valence-corrected chi connectivity index (χ0v) is 34.5. The summed E-state index contributed by atoms with van der Waals surface area (Å²) < 4.78 is 11.9. The Morgan fingerprint density at radius 1 is 0.540 bits per heavy atom. The summed E-state index contributed by atoms with van der Waals surface area (Å²) in [5.41, 5.74) is 8.92. The van der Waals surface area contributed by atoms with Crippen molar-refractivity contribution in [3.63, 3.8) is 0 Å². The number of amides is 2. The number of fused-ring (bicyclic) bond motifs is 2. The minimum absolute atomic E-state index is 0. The van der Waals surface area contributed by atoms with Gasteiger partial charge in [0.05, 0.1) is 27.6 Å². The van der Waals surface area contributed by atoms with Gasteiger partial charge < -0.3 is 55.4 Å². The van der Waals surface area contributed by atoms with E-state index in [1.165, 1.54) is 24.3 Å². The summed E-state index contributed by atoms with van der Waals surface area (Å²) in [6.45, 7) is 0. The first kappa shape index (κ1) is 46.5. The molecular weight excluding hydrogens is 969 g/mol. The van der Waals surface area contributed by atoms with Crippen molar-refractivity contribution in [2.45, 2.75) is 25.0 Å². The van der Waals surface area contributed by atoms with E-state index in [0.29, 0.717) is 33.7 Å². The molecule has 2 aliphatic heterocycles. The van der Waals surface area contributed by atoms with E-state index in [-0.39, 0.29) is 109 Å². The molecule has 8 rings (SSSR count). The van der Waals surface area contributed by atoms with E-state index in [4.69, 9.17) is 24.8 Å². The first-order valence-electron chi connectivity index (χ1n) is 18.4. The maximum Gasteiger partial charge on any atom is 0.271 e. The minimum Gasteiger partial charge on any atom is -0.508 e. The van der Waals surface area contributed by atoms with Gasteiger partial charge in [-0.1, -0.05) is 60.7 Å². The van der Waals surface area contributed by atoms with Gasteiger partial charge in [-0.15, -0.1) is 0 Å². The van der Waals surface area contributed by atoms with Gasteiger partial charge in [-0.05, 0) is 59.7 Å². The number of aromatic hydroxyl groups is 6. The number of ether oxygens (including phenoxy) is 2. The molecule has 2 atom stereocenters. The molecule has 326 valence electrons. The number of carbonyl (C=O) groups is 2. The molecule has 0 saturated carbocycles. The van der Waals surface area contributed by atoms with E-state index in [1.807, 2.05) is 12.1 Å². The van der Waals surface area contributed by atoms with Gasteiger partial charge >= 0.3 is 0 Å². The summed E-state index contributed by atoms with van der Waals surface area (Å²) >= 11 is 0. The molecule has 0 spiro atoms. The molecule has 6 aromatic carbocycles. The van der Waals surface area contributed by atoms with Crippen molar-refractivity contribution in [3.05, 3.63) is 182 Å². The van der Waals surface area contributed by atoms with Gasteiger partial charge in [-0.25, -0.2) is 10.9 Å². The molecule has 0 bridgehead atoms. The Balaban J connectivity index is 0.000000216. The summed E-state index contributed by atoms with van der Waals surface area (Å²) in [5, 5.41) is 82.5. The minimum atomic E-state index is -1.75. The molecule has 0 saturated heterocycles. The molecular formula is C44H36DyN5O13-. The van der Waals surface area contributed by atoms with E-state index in [0.717, 1.165) is 11.1 Å². The van der Waals surface area contributed by atoms with Gasteiger partial charge in [0.25, 0.3) is 11.8 Å². The fraction of sp³-hybridized carbons (Fsp3) is 0.0909. The van der Waals surface area contributed by atoms with Gasteiger partial charge in [0, 0.05) is 86.4 Å². The van der Waals surface area contributed by atoms with Crippen LogP contribution in [0.3, 0.4) is 0 Å². The standard InChI is InChI=1S/2C22H18N2O5.Dy.NO3/c2*25-15-8-6-13(7-9-15)19-12-17(21-18(27)10-16(26)11-20(21)29-19)23-24-22(28)14-4-2-1-3-5-14;;2-1(3)4/h2*1-11,19,25-27H,12H2,(H,24,28);;/q;;;-1/b2*23-17+;;. The summed E-state index contributed by atoms with van der Waals surface area (Å²) in [4.78, 5) is 32.9. The summed E-state index contributed by atoms with van der Waals surface area (Å²) in [6, 6.07) is 35.5. The van der Waals surface area contributed by atoms with Crippen molar-refractivity contribution in [1.29, 1.82) is 0 Å². The van der Waals surface area contributed by atoms with Crippen molar-refractivity contribution < 1.29 is 93.0 Å². The third-order valence-electron chi connectivity index (χ3n) is 9.19. The zero-order chi connectivity index (χ0) is 44.3. The third-order valence-corrected chi connectivity index (χ3v) is 9.19. The molecule has 0 aromatic heterocycles. The average molecular weight is 1010 g/mol. The third kappa shape index (κ3) is 12.3. The van der Waals surface area contributed by atoms with Crippen molar-refractivity contribution in [1.82, 2.24) is 10.9 Å². The smallest absolute Gasteiger partial charge is 0.271 e. The van der Waals surface area contributed by atoms with Gasteiger partial charge in [0.2, 0.25) is 0 Å². The predicted molar refractivity (Wildman–Crippen MR) is 223 cm³/mol. The number of rotatable bonds is 6. The largest absolute Gasteiger partial charge is 0.508 e. The molecule has 8 N–H and O–H groups in total. The maximum atomic E-state index is 12.3. The first-order valence-corrected chi connectivity index (χ1v) is 18.4. The Kier molecular flexibility index (Phi) is 15.7. The van der Waals surface area contributed by atoms with Crippen LogP contribution < -0.4 is 20.3 Å². The fourth-order valence-electron chi connectivity index (χ4n) is 6.38. The second-order valence-corrected chi connectivity index (χ2v) is 13.4. The second-order valence-electron chi connectivity index (χ2n) is 13.4. The fourth-order valence-corrected chi connectivity index (χ4v) is 6.38. The Bertz CT molecular complexity index is 2450. The Labute approximate surface area is 388 Å². The molecule has 0 aliphatic carbocycles. The second kappa shape index (κ2) is 21.3. The van der Waals surface area contributed by atoms with Crippen LogP contribution >= 0.6 is 0 Å². The van der Waals surface area contributed by atoms with Crippen molar-refractivity contribution in [3.8, 4) is 46.0 Å². The zero-order valence-electron chi connectivity index (χ0n) is 32.5. The van der Waals surface area contributed by atoms with E-state index in [1.54, 1.807) is 97.1 Å². The van der Waals surface area contributed by atoms with Crippen LogP contribution in [-0.4, -0.2) is 59.0 Å². The average Bonchev–Trinajstić information content (AvgIpc) is 3.25. The number of phenols is 6. The molecule has 2 unspecified atom stereocenters. The van der Waals surface area contributed by atoms with Crippen LogP contribution in [0.25, 0.3) is 0 Å². The monoisotopic (exact) mass is 1010 g/mol. The number of benzene rings is 6. The maximum absolute atomic E-state index is 12.3. The van der Waals surface area contributed by atoms with Crippen molar-refractivity contribution >= 4 is 23.2 Å². The predicted octanol–water partition coefficient (Wildman–Crippen LogP) is 6.68. The number of phenolic OH excluding ortho intramolecular Hbond substituents is 6. The van der Waals surface area contributed by atoms with Crippen LogP contribution in [-0.2, 0) is 0 Å². The quantitative estimate of drug-likeness (QED) is 0.0639. The van der Waals surface area contributed by atoms with Gasteiger partial charge in [0.15, 0.2) is 0 Å². The number of carbonyl (C=O) groups excluding carboxylic acids is 2. The molecule has 0 fully saturated rings. The number of hydrogen-bond acceptors (Lipinski definition) is 15. The molecule has 0 radical (unpaired) electrons. The van der Waals surface area contributed by atoms with Crippen LogP contribution in [0.2, 0.25) is 0 Å².